The van der Waals surface area contributed by atoms with Gasteiger partial charge in [-0.1, -0.05) is 30.3 Å². The molecule has 2 aromatic carbocycles. The Morgan fingerprint density at radius 1 is 0.926 bits per heavy atom. The molecule has 0 saturated carbocycles. The minimum absolute atomic E-state index is 0.0157. The Morgan fingerprint density at radius 3 is 2.15 bits per heavy atom. The predicted molar refractivity (Wildman–Crippen MR) is 108 cm³/mol. The maximum Gasteiger partial charge on any atom is 0.317 e. The van der Waals surface area contributed by atoms with E-state index in [2.05, 4.69) is 15.5 Å². The Kier molecular flexibility index (Phi) is 5.96. The van der Waals surface area contributed by atoms with Crippen LogP contribution in [-0.4, -0.2) is 43.0 Å². The summed E-state index contributed by atoms with van der Waals surface area (Å²) in [6.07, 6.45) is 0. The summed E-state index contributed by atoms with van der Waals surface area (Å²) in [5.74, 6) is -0.0768. The third-order valence-electron chi connectivity index (χ3n) is 4.76. The van der Waals surface area contributed by atoms with Crippen LogP contribution < -0.4 is 15.5 Å². The Balaban J connectivity index is 1.51. The van der Waals surface area contributed by atoms with Gasteiger partial charge in [0.15, 0.2) is 0 Å². The van der Waals surface area contributed by atoms with Crippen molar-refractivity contribution in [3.8, 4) is 0 Å². The summed E-state index contributed by atoms with van der Waals surface area (Å²) in [5.41, 5.74) is 2.99. The maximum absolute atomic E-state index is 12.5. The zero-order chi connectivity index (χ0) is 19.2. The van der Waals surface area contributed by atoms with Crippen LogP contribution in [0, 0.1) is 0 Å². The summed E-state index contributed by atoms with van der Waals surface area (Å²) in [5, 5.41) is 5.84. The molecule has 6 heteroatoms. The minimum atomic E-state index is -0.0768. The number of carbonyl (C=O) groups is 2. The topological polar surface area (TPSA) is 64.7 Å². The van der Waals surface area contributed by atoms with Crippen LogP contribution in [0.25, 0.3) is 0 Å². The molecule has 0 aliphatic carbocycles. The molecule has 1 heterocycles. The van der Waals surface area contributed by atoms with E-state index in [1.54, 1.807) is 0 Å². The second-order valence-corrected chi connectivity index (χ2v) is 6.78. The number of benzene rings is 2. The van der Waals surface area contributed by atoms with E-state index in [4.69, 9.17) is 0 Å². The minimum Gasteiger partial charge on any atom is -0.368 e. The van der Waals surface area contributed by atoms with Crippen LogP contribution >= 0.6 is 0 Å². The fraction of sp³-hybridized carbons (Fsp3) is 0.333. The van der Waals surface area contributed by atoms with Gasteiger partial charge in [0.05, 0.1) is 6.04 Å². The maximum atomic E-state index is 12.5. The molecule has 1 aliphatic heterocycles. The van der Waals surface area contributed by atoms with Gasteiger partial charge in [0.2, 0.25) is 5.91 Å². The molecule has 1 atom stereocenters. The Morgan fingerprint density at radius 2 is 1.56 bits per heavy atom. The highest BCUT2D eigenvalue weighted by Crippen LogP contribution is 2.20. The fourth-order valence-corrected chi connectivity index (χ4v) is 3.23. The monoisotopic (exact) mass is 366 g/mol. The highest BCUT2D eigenvalue weighted by molar-refractivity contribution is 5.88. The van der Waals surface area contributed by atoms with Crippen molar-refractivity contribution in [3.63, 3.8) is 0 Å². The van der Waals surface area contributed by atoms with Gasteiger partial charge in [-0.15, -0.1) is 0 Å². The first-order chi connectivity index (χ1) is 13.0. The number of nitrogens with one attached hydrogen (secondary N) is 2. The molecule has 6 nitrogen and oxygen atoms in total. The number of hydrogen-bond donors (Lipinski definition) is 2. The molecule has 0 bridgehead atoms. The van der Waals surface area contributed by atoms with Gasteiger partial charge in [-0.2, -0.15) is 0 Å². The fourth-order valence-electron chi connectivity index (χ4n) is 3.23. The molecule has 1 saturated heterocycles. The van der Waals surface area contributed by atoms with Crippen LogP contribution in [0.1, 0.15) is 25.5 Å². The summed E-state index contributed by atoms with van der Waals surface area (Å²) in [4.78, 5) is 27.7. The number of rotatable bonds is 4. The van der Waals surface area contributed by atoms with Gasteiger partial charge in [0, 0.05) is 44.5 Å². The third-order valence-corrected chi connectivity index (χ3v) is 4.76. The van der Waals surface area contributed by atoms with Gasteiger partial charge >= 0.3 is 6.03 Å². The zero-order valence-electron chi connectivity index (χ0n) is 15.8. The molecule has 142 valence electrons. The number of piperazine rings is 1. The molecule has 0 aromatic heterocycles. The van der Waals surface area contributed by atoms with Crippen LogP contribution in [0.2, 0.25) is 0 Å². The second kappa shape index (κ2) is 8.58. The van der Waals surface area contributed by atoms with Crippen molar-refractivity contribution in [3.05, 3.63) is 60.2 Å². The molecular weight excluding hydrogens is 340 g/mol. The van der Waals surface area contributed by atoms with Gasteiger partial charge in [0.25, 0.3) is 0 Å². The van der Waals surface area contributed by atoms with Crippen molar-refractivity contribution in [2.45, 2.75) is 19.9 Å². The van der Waals surface area contributed by atoms with Gasteiger partial charge in [-0.25, -0.2) is 4.79 Å². The molecule has 1 aliphatic rings. The summed E-state index contributed by atoms with van der Waals surface area (Å²) in [7, 11) is 0. The van der Waals surface area contributed by atoms with Gasteiger partial charge in [-0.3, -0.25) is 4.79 Å². The van der Waals surface area contributed by atoms with Crippen molar-refractivity contribution >= 4 is 23.3 Å². The van der Waals surface area contributed by atoms with E-state index in [0.717, 1.165) is 30.0 Å². The van der Waals surface area contributed by atoms with E-state index in [9.17, 15) is 9.59 Å². The Labute approximate surface area is 160 Å². The van der Waals surface area contributed by atoms with Crippen molar-refractivity contribution in [2.24, 2.45) is 0 Å². The molecule has 3 rings (SSSR count). The van der Waals surface area contributed by atoms with Crippen LogP contribution in [-0.2, 0) is 4.79 Å². The molecule has 2 aromatic rings. The molecular formula is C21H26N4O2. The first-order valence-corrected chi connectivity index (χ1v) is 9.26. The Hall–Kier alpha value is -3.02. The second-order valence-electron chi connectivity index (χ2n) is 6.78. The normalized spacial score (nSPS) is 15.2. The SMILES string of the molecule is CC(=O)Nc1ccc(N2CCN(C(=O)NC(C)c3ccccc3)CC2)cc1. The van der Waals surface area contributed by atoms with Crippen LogP contribution in [0.3, 0.4) is 0 Å². The molecule has 0 spiro atoms. The van der Waals surface area contributed by atoms with Crippen LogP contribution in [0.5, 0.6) is 0 Å². The van der Waals surface area contributed by atoms with Gasteiger partial charge < -0.3 is 20.4 Å². The smallest absolute Gasteiger partial charge is 0.317 e. The molecule has 27 heavy (non-hydrogen) atoms. The first kappa shape index (κ1) is 18.8. The average molecular weight is 366 g/mol. The third kappa shape index (κ3) is 5.00. The summed E-state index contributed by atoms with van der Waals surface area (Å²) in [6.45, 7) is 6.43. The standard InChI is InChI=1S/C21H26N4O2/c1-16(18-6-4-3-5-7-18)22-21(27)25-14-12-24(13-15-25)20-10-8-19(9-11-20)23-17(2)26/h3-11,16H,12-15H2,1-2H3,(H,22,27)(H,23,26). The molecule has 1 unspecified atom stereocenters. The Bertz CT molecular complexity index is 769. The zero-order valence-corrected chi connectivity index (χ0v) is 15.8. The average Bonchev–Trinajstić information content (AvgIpc) is 2.69. The van der Waals surface area contributed by atoms with Crippen LogP contribution in [0.15, 0.2) is 54.6 Å². The summed E-state index contributed by atoms with van der Waals surface area (Å²) >= 11 is 0. The highest BCUT2D eigenvalue weighted by Gasteiger charge is 2.22. The van der Waals surface area contributed by atoms with Crippen molar-refractivity contribution < 1.29 is 9.59 Å². The van der Waals surface area contributed by atoms with E-state index in [1.807, 2.05) is 66.4 Å². The molecule has 3 amide bonds. The van der Waals surface area contributed by atoms with E-state index in [1.165, 1.54) is 6.92 Å². The van der Waals surface area contributed by atoms with Crippen molar-refractivity contribution in [2.75, 3.05) is 36.4 Å². The van der Waals surface area contributed by atoms with Crippen molar-refractivity contribution in [1.82, 2.24) is 10.2 Å². The quantitative estimate of drug-likeness (QED) is 0.873. The lowest BCUT2D eigenvalue weighted by molar-refractivity contribution is -0.114. The van der Waals surface area contributed by atoms with E-state index in [0.29, 0.717) is 13.1 Å². The van der Waals surface area contributed by atoms with Gasteiger partial charge in [0.1, 0.15) is 0 Å². The lowest BCUT2D eigenvalue weighted by Crippen LogP contribution is -2.52. The number of hydrogen-bond acceptors (Lipinski definition) is 3. The lowest BCUT2D eigenvalue weighted by atomic mass is 10.1. The number of nitrogens with zero attached hydrogens (tertiary/aromatic N) is 2. The van der Waals surface area contributed by atoms with Crippen molar-refractivity contribution in [1.29, 1.82) is 0 Å². The lowest BCUT2D eigenvalue weighted by Gasteiger charge is -2.36. The van der Waals surface area contributed by atoms with E-state index < -0.39 is 0 Å². The largest absolute Gasteiger partial charge is 0.368 e. The summed E-state index contributed by atoms with van der Waals surface area (Å²) in [6, 6.07) is 17.7. The number of anilines is 2. The summed E-state index contributed by atoms with van der Waals surface area (Å²) < 4.78 is 0. The highest BCUT2D eigenvalue weighted by atomic mass is 16.2. The van der Waals surface area contributed by atoms with Gasteiger partial charge in [-0.05, 0) is 36.8 Å². The molecule has 1 fully saturated rings. The number of amides is 3. The molecule has 2 N–H and O–H groups in total. The molecule has 0 radical (unpaired) electrons. The van der Waals surface area contributed by atoms with E-state index >= 15 is 0 Å². The number of carbonyl (C=O) groups excluding carboxylic acids is 2. The van der Waals surface area contributed by atoms with E-state index in [-0.39, 0.29) is 18.0 Å². The van der Waals surface area contributed by atoms with Crippen LogP contribution in [0.4, 0.5) is 16.2 Å². The predicted octanol–water partition coefficient (Wildman–Crippen LogP) is 3.24. The first-order valence-electron chi connectivity index (χ1n) is 9.26. The number of urea groups is 1.